The van der Waals surface area contributed by atoms with Gasteiger partial charge in [-0.3, -0.25) is 10.2 Å². The quantitative estimate of drug-likeness (QED) is 0.837. The van der Waals surface area contributed by atoms with E-state index in [2.05, 4.69) is 16.6 Å². The predicted molar refractivity (Wildman–Crippen MR) is 113 cm³/mol. The molecule has 158 valence electrons. The zero-order chi connectivity index (χ0) is 21.3. The number of hydrogen-bond acceptors (Lipinski definition) is 6. The Labute approximate surface area is 176 Å². The highest BCUT2D eigenvalue weighted by molar-refractivity contribution is 6.03. The van der Waals surface area contributed by atoms with E-state index in [1.165, 1.54) is 0 Å². The van der Waals surface area contributed by atoms with Crippen LogP contribution in [0.25, 0.3) is 0 Å². The number of carbonyl (C=O) groups excluding carboxylic acids is 1. The number of hydrazine groups is 1. The lowest BCUT2D eigenvalue weighted by molar-refractivity contribution is -0.163. The number of rotatable bonds is 4. The van der Waals surface area contributed by atoms with Crippen LogP contribution in [0.3, 0.4) is 0 Å². The second-order valence-electron chi connectivity index (χ2n) is 7.85. The molecule has 0 atom stereocenters. The molecular weight excluding hydrogens is 382 g/mol. The zero-order valence-corrected chi connectivity index (χ0v) is 17.8. The lowest BCUT2D eigenvalue weighted by atomic mass is 10.0. The van der Waals surface area contributed by atoms with Gasteiger partial charge in [-0.2, -0.15) is 0 Å². The van der Waals surface area contributed by atoms with Crippen LogP contribution < -0.4 is 10.2 Å². The summed E-state index contributed by atoms with van der Waals surface area (Å²) < 4.78 is 10.9. The molecule has 1 fully saturated rings. The Hall–Kier alpha value is -3.06. The minimum atomic E-state index is -0.756. The SMILES string of the molecule is COc1cccc(C(=O)NN2C(c3cc(C)cc(C)c3)=NOC23CCOCC3)c1C. The fourth-order valence-electron chi connectivity index (χ4n) is 4.09. The van der Waals surface area contributed by atoms with Crippen molar-refractivity contribution in [1.82, 2.24) is 10.4 Å². The van der Waals surface area contributed by atoms with Gasteiger partial charge in [-0.25, -0.2) is 5.01 Å². The van der Waals surface area contributed by atoms with Crippen LogP contribution in [0.1, 0.15) is 45.5 Å². The van der Waals surface area contributed by atoms with E-state index < -0.39 is 5.72 Å². The standard InChI is InChI=1S/C23H27N3O4/c1-15-12-16(2)14-18(13-15)21-25-30-23(8-10-29-11-9-23)26(21)24-22(27)19-6-5-7-20(28-4)17(19)3/h5-7,12-14H,8-11H2,1-4H3,(H,24,27). The normalized spacial score (nSPS) is 17.5. The summed E-state index contributed by atoms with van der Waals surface area (Å²) in [5, 5.41) is 6.18. The summed E-state index contributed by atoms with van der Waals surface area (Å²) in [5.74, 6) is 1.03. The first-order chi connectivity index (χ1) is 14.4. The highest BCUT2D eigenvalue weighted by Crippen LogP contribution is 2.35. The van der Waals surface area contributed by atoms with Crippen molar-refractivity contribution in [1.29, 1.82) is 0 Å². The number of nitrogens with one attached hydrogen (secondary N) is 1. The van der Waals surface area contributed by atoms with E-state index >= 15 is 0 Å². The van der Waals surface area contributed by atoms with Gasteiger partial charge in [0, 0.05) is 29.5 Å². The number of benzene rings is 2. The molecule has 2 aromatic carbocycles. The van der Waals surface area contributed by atoms with Crippen LogP contribution in [0.2, 0.25) is 0 Å². The molecule has 2 aliphatic rings. The highest BCUT2D eigenvalue weighted by atomic mass is 16.7. The molecule has 2 heterocycles. The van der Waals surface area contributed by atoms with Crippen LogP contribution in [-0.4, -0.2) is 42.8 Å². The summed E-state index contributed by atoms with van der Waals surface area (Å²) >= 11 is 0. The summed E-state index contributed by atoms with van der Waals surface area (Å²) in [6, 6.07) is 11.6. The predicted octanol–water partition coefficient (Wildman–Crippen LogP) is 3.47. The van der Waals surface area contributed by atoms with Gasteiger partial charge in [0.1, 0.15) is 5.75 Å². The first-order valence-corrected chi connectivity index (χ1v) is 10.1. The van der Waals surface area contributed by atoms with E-state index in [1.54, 1.807) is 18.2 Å². The van der Waals surface area contributed by atoms with E-state index in [9.17, 15) is 4.79 Å². The Balaban J connectivity index is 1.70. The van der Waals surface area contributed by atoms with Gasteiger partial charge >= 0.3 is 0 Å². The van der Waals surface area contributed by atoms with E-state index in [0.29, 0.717) is 43.2 Å². The number of aryl methyl sites for hydroxylation is 2. The maximum atomic E-state index is 13.3. The molecule has 1 amide bonds. The van der Waals surface area contributed by atoms with Crippen LogP contribution in [0, 0.1) is 20.8 Å². The largest absolute Gasteiger partial charge is 0.496 e. The fourth-order valence-corrected chi connectivity index (χ4v) is 4.09. The van der Waals surface area contributed by atoms with Gasteiger partial charge in [0.15, 0.2) is 5.84 Å². The smallest absolute Gasteiger partial charge is 0.270 e. The van der Waals surface area contributed by atoms with Crippen molar-refractivity contribution < 1.29 is 19.1 Å². The molecule has 7 heteroatoms. The van der Waals surface area contributed by atoms with Crippen molar-refractivity contribution in [2.24, 2.45) is 5.16 Å². The molecular formula is C23H27N3O4. The van der Waals surface area contributed by atoms with Crippen LogP contribution in [0.15, 0.2) is 41.6 Å². The third-order valence-electron chi connectivity index (χ3n) is 5.64. The Kier molecular flexibility index (Phi) is 5.39. The molecule has 7 nitrogen and oxygen atoms in total. The van der Waals surface area contributed by atoms with Crippen molar-refractivity contribution >= 4 is 11.7 Å². The first-order valence-electron chi connectivity index (χ1n) is 10.1. The molecule has 1 spiro atoms. The minimum absolute atomic E-state index is 0.236. The Bertz CT molecular complexity index is 976. The lowest BCUT2D eigenvalue weighted by Gasteiger charge is -2.39. The minimum Gasteiger partial charge on any atom is -0.496 e. The molecule has 1 saturated heterocycles. The molecule has 0 saturated carbocycles. The summed E-state index contributed by atoms with van der Waals surface area (Å²) in [4.78, 5) is 19.2. The van der Waals surface area contributed by atoms with E-state index in [0.717, 1.165) is 22.3 Å². The van der Waals surface area contributed by atoms with Gasteiger partial charge < -0.3 is 14.3 Å². The maximum Gasteiger partial charge on any atom is 0.270 e. The summed E-state index contributed by atoms with van der Waals surface area (Å²) in [6.45, 7) is 7.04. The Morgan fingerprint density at radius 2 is 1.83 bits per heavy atom. The van der Waals surface area contributed by atoms with Crippen molar-refractivity contribution in [2.75, 3.05) is 20.3 Å². The molecule has 2 aromatic rings. The van der Waals surface area contributed by atoms with E-state index in [-0.39, 0.29) is 5.91 Å². The molecule has 0 aromatic heterocycles. The van der Waals surface area contributed by atoms with Crippen molar-refractivity contribution in [3.05, 3.63) is 64.2 Å². The van der Waals surface area contributed by atoms with Crippen LogP contribution in [0.5, 0.6) is 5.75 Å². The molecule has 30 heavy (non-hydrogen) atoms. The zero-order valence-electron chi connectivity index (χ0n) is 17.8. The van der Waals surface area contributed by atoms with Gasteiger partial charge in [-0.1, -0.05) is 28.4 Å². The maximum absolute atomic E-state index is 13.3. The number of amidine groups is 1. The number of ether oxygens (including phenoxy) is 2. The second-order valence-corrected chi connectivity index (χ2v) is 7.85. The first kappa shape index (κ1) is 20.2. The molecule has 2 aliphatic heterocycles. The average molecular weight is 409 g/mol. The summed E-state index contributed by atoms with van der Waals surface area (Å²) in [7, 11) is 1.60. The summed E-state index contributed by atoms with van der Waals surface area (Å²) in [6.07, 6.45) is 1.20. The number of hydrogen-bond donors (Lipinski definition) is 1. The molecule has 0 unspecified atom stereocenters. The van der Waals surface area contributed by atoms with E-state index in [4.69, 9.17) is 14.3 Å². The van der Waals surface area contributed by atoms with Crippen molar-refractivity contribution in [3.63, 3.8) is 0 Å². The molecule has 0 aliphatic carbocycles. The number of amides is 1. The number of nitrogens with zero attached hydrogens (tertiary/aromatic N) is 2. The van der Waals surface area contributed by atoms with E-state index in [1.807, 2.05) is 45.0 Å². The monoisotopic (exact) mass is 409 g/mol. The van der Waals surface area contributed by atoms with Gasteiger partial charge in [0.2, 0.25) is 5.72 Å². The molecule has 4 rings (SSSR count). The van der Waals surface area contributed by atoms with Gasteiger partial charge in [0.05, 0.1) is 20.3 Å². The topological polar surface area (TPSA) is 72.4 Å². The Morgan fingerprint density at radius 3 is 2.50 bits per heavy atom. The van der Waals surface area contributed by atoms with Crippen molar-refractivity contribution in [3.8, 4) is 5.75 Å². The Morgan fingerprint density at radius 1 is 1.13 bits per heavy atom. The fraction of sp³-hybridized carbons (Fsp3) is 0.391. The lowest BCUT2D eigenvalue weighted by Crippen LogP contribution is -2.59. The highest BCUT2D eigenvalue weighted by Gasteiger charge is 2.49. The van der Waals surface area contributed by atoms with Crippen LogP contribution in [0.4, 0.5) is 0 Å². The van der Waals surface area contributed by atoms with Crippen LogP contribution >= 0.6 is 0 Å². The van der Waals surface area contributed by atoms with Gasteiger partial charge in [-0.15, -0.1) is 0 Å². The molecule has 0 bridgehead atoms. The summed E-state index contributed by atoms with van der Waals surface area (Å²) in [5.41, 5.74) is 6.78. The number of carbonyl (C=O) groups is 1. The van der Waals surface area contributed by atoms with Gasteiger partial charge in [-0.05, 0) is 45.0 Å². The number of oxime groups is 1. The second kappa shape index (κ2) is 7.99. The average Bonchev–Trinajstić information content (AvgIpc) is 3.05. The molecule has 0 radical (unpaired) electrons. The molecule has 1 N–H and O–H groups in total. The van der Waals surface area contributed by atoms with Gasteiger partial charge in [0.25, 0.3) is 5.91 Å². The number of methoxy groups -OCH3 is 1. The van der Waals surface area contributed by atoms with Crippen molar-refractivity contribution in [2.45, 2.75) is 39.3 Å². The third kappa shape index (κ3) is 3.61. The van der Waals surface area contributed by atoms with Crippen LogP contribution in [-0.2, 0) is 9.57 Å². The third-order valence-corrected chi connectivity index (χ3v) is 5.64.